The minimum atomic E-state index is 0.871. The van der Waals surface area contributed by atoms with Crippen molar-refractivity contribution in [2.24, 2.45) is 0 Å². The van der Waals surface area contributed by atoms with Crippen molar-refractivity contribution in [3.05, 3.63) is 200 Å². The number of hydrogen-bond acceptors (Lipinski definition) is 1. The van der Waals surface area contributed by atoms with Crippen LogP contribution in [-0.4, -0.2) is 13.7 Å². The van der Waals surface area contributed by atoms with Gasteiger partial charge in [0.15, 0.2) is 11.5 Å². The lowest BCUT2D eigenvalue weighted by atomic mass is 10.0. The van der Waals surface area contributed by atoms with Crippen LogP contribution in [0.25, 0.3) is 105 Å². The van der Waals surface area contributed by atoms with Gasteiger partial charge in [-0.1, -0.05) is 109 Å². The molecule has 0 radical (unpaired) electrons. The molecule has 4 nitrogen and oxygen atoms in total. The first kappa shape index (κ1) is 31.4. The zero-order valence-corrected chi connectivity index (χ0v) is 31.3. The maximum absolute atomic E-state index is 6.60. The quantitative estimate of drug-likeness (QED) is 0.176. The lowest BCUT2D eigenvalue weighted by molar-refractivity contribution is 0.476. The molecular formula is C54H33N3O. The second-order valence-electron chi connectivity index (χ2n) is 15.3. The van der Waals surface area contributed by atoms with Gasteiger partial charge in [0.05, 0.1) is 38.8 Å². The highest BCUT2D eigenvalue weighted by Gasteiger charge is 2.25. The van der Waals surface area contributed by atoms with Crippen molar-refractivity contribution in [1.29, 1.82) is 0 Å². The summed E-state index contributed by atoms with van der Waals surface area (Å²) >= 11 is 0. The van der Waals surface area contributed by atoms with Gasteiger partial charge in [-0.05, 0) is 113 Å². The van der Waals surface area contributed by atoms with Crippen LogP contribution in [0.4, 0.5) is 0 Å². The zero-order valence-electron chi connectivity index (χ0n) is 31.3. The van der Waals surface area contributed by atoms with Gasteiger partial charge in [0.1, 0.15) is 0 Å². The Hall–Kier alpha value is -7.82. The van der Waals surface area contributed by atoms with Gasteiger partial charge >= 0.3 is 0 Å². The van der Waals surface area contributed by atoms with Crippen LogP contribution in [0, 0.1) is 0 Å². The van der Waals surface area contributed by atoms with Crippen LogP contribution in [-0.2, 0) is 0 Å². The van der Waals surface area contributed by atoms with Crippen molar-refractivity contribution in [2.45, 2.75) is 0 Å². The zero-order chi connectivity index (χ0) is 37.9. The molecule has 12 aromatic rings. The third-order valence-corrected chi connectivity index (χ3v) is 12.2. The number of hydrogen-bond donors (Lipinski definition) is 0. The Labute approximate surface area is 333 Å². The number of fused-ring (bicyclic) bond motifs is 11. The largest absolute Gasteiger partial charge is 0.453 e. The van der Waals surface area contributed by atoms with Crippen LogP contribution >= 0.6 is 0 Å². The first-order valence-corrected chi connectivity index (χ1v) is 19.8. The van der Waals surface area contributed by atoms with E-state index in [4.69, 9.17) is 4.74 Å². The summed E-state index contributed by atoms with van der Waals surface area (Å²) < 4.78 is 13.7. The van der Waals surface area contributed by atoms with E-state index in [0.717, 1.165) is 39.5 Å². The van der Waals surface area contributed by atoms with E-state index in [1.165, 1.54) is 76.7 Å². The number of aromatic nitrogens is 3. The average molecular weight is 740 g/mol. The Morgan fingerprint density at radius 2 is 0.741 bits per heavy atom. The summed E-state index contributed by atoms with van der Waals surface area (Å²) in [6.07, 6.45) is 0. The fraction of sp³-hybridized carbons (Fsp3) is 0. The van der Waals surface area contributed by atoms with Gasteiger partial charge in [-0.15, -0.1) is 0 Å². The molecule has 4 heterocycles. The van der Waals surface area contributed by atoms with Crippen molar-refractivity contribution in [2.75, 3.05) is 0 Å². The predicted molar refractivity (Wildman–Crippen MR) is 240 cm³/mol. The molecule has 0 amide bonds. The molecule has 0 atom stereocenters. The number of para-hydroxylation sites is 6. The normalized spacial score (nSPS) is 12.3. The van der Waals surface area contributed by atoms with Gasteiger partial charge in [0, 0.05) is 43.7 Å². The lowest BCUT2D eigenvalue weighted by Gasteiger charge is -2.21. The first-order chi connectivity index (χ1) is 28.8. The molecule has 1 aliphatic rings. The Balaban J connectivity index is 0.922. The maximum atomic E-state index is 6.60. The Morgan fingerprint density at radius 3 is 1.38 bits per heavy atom. The Morgan fingerprint density at radius 1 is 0.276 bits per heavy atom. The third kappa shape index (κ3) is 4.40. The molecule has 0 saturated heterocycles. The van der Waals surface area contributed by atoms with Gasteiger partial charge in [-0.25, -0.2) is 0 Å². The Bertz CT molecular complexity index is 3640. The van der Waals surface area contributed by atoms with Crippen LogP contribution < -0.4 is 4.74 Å². The highest BCUT2D eigenvalue weighted by atomic mass is 16.5. The van der Waals surface area contributed by atoms with E-state index >= 15 is 0 Å². The van der Waals surface area contributed by atoms with E-state index in [2.05, 4.69) is 208 Å². The number of benzene rings is 9. The molecule has 270 valence electrons. The summed E-state index contributed by atoms with van der Waals surface area (Å²) in [5.74, 6) is 1.75. The summed E-state index contributed by atoms with van der Waals surface area (Å²) in [6.45, 7) is 0. The summed E-state index contributed by atoms with van der Waals surface area (Å²) in [6, 6.07) is 72.5. The summed E-state index contributed by atoms with van der Waals surface area (Å²) in [5.41, 5.74) is 15.2. The molecule has 0 aliphatic carbocycles. The van der Waals surface area contributed by atoms with Crippen LogP contribution in [0.5, 0.6) is 11.5 Å². The second kappa shape index (κ2) is 11.8. The minimum Gasteiger partial charge on any atom is -0.453 e. The van der Waals surface area contributed by atoms with E-state index in [1.54, 1.807) is 0 Å². The fourth-order valence-electron chi connectivity index (χ4n) is 9.64. The third-order valence-electron chi connectivity index (χ3n) is 12.2. The molecule has 3 aromatic heterocycles. The Kier molecular flexibility index (Phi) is 6.41. The molecule has 4 heteroatoms. The highest BCUT2D eigenvalue weighted by Crippen LogP contribution is 2.47. The topological polar surface area (TPSA) is 24.0 Å². The predicted octanol–water partition coefficient (Wildman–Crippen LogP) is 14.4. The van der Waals surface area contributed by atoms with Crippen molar-refractivity contribution < 1.29 is 4.74 Å². The van der Waals surface area contributed by atoms with Crippen LogP contribution in [0.15, 0.2) is 200 Å². The van der Waals surface area contributed by atoms with Crippen LogP contribution in [0.1, 0.15) is 0 Å². The fourth-order valence-corrected chi connectivity index (χ4v) is 9.64. The number of rotatable bonds is 4. The molecule has 0 bridgehead atoms. The number of nitrogens with zero attached hydrogens (tertiary/aromatic N) is 3. The summed E-state index contributed by atoms with van der Waals surface area (Å²) in [7, 11) is 0. The molecule has 58 heavy (non-hydrogen) atoms. The molecule has 13 rings (SSSR count). The first-order valence-electron chi connectivity index (χ1n) is 19.8. The molecule has 0 spiro atoms. The molecule has 0 saturated carbocycles. The smallest absolute Gasteiger partial charge is 0.152 e. The molecule has 0 N–H and O–H groups in total. The molecule has 9 aromatic carbocycles. The van der Waals surface area contributed by atoms with Gasteiger partial charge in [0.25, 0.3) is 0 Å². The van der Waals surface area contributed by atoms with E-state index in [1.807, 2.05) is 6.07 Å². The average Bonchev–Trinajstić information content (AvgIpc) is 3.93. The van der Waals surface area contributed by atoms with E-state index < -0.39 is 0 Å². The summed E-state index contributed by atoms with van der Waals surface area (Å²) in [5, 5.41) is 7.41. The van der Waals surface area contributed by atoms with Crippen molar-refractivity contribution in [3.8, 4) is 50.8 Å². The van der Waals surface area contributed by atoms with Gasteiger partial charge in [0.2, 0.25) is 0 Å². The van der Waals surface area contributed by atoms with E-state index in [0.29, 0.717) is 0 Å². The standard InChI is InChI=1S/C54H33N3O/c1-2-12-38(13-3-1)55-46-17-7-4-14-40(46)43-30-35(24-28-49(43)55)36-25-29-50-44(31-36)41-15-5-8-18-47(41)56(50)39-26-22-34(23-27-39)37-32-45-42-16-6-9-19-48(42)57-51-20-10-11-21-52(51)58-53(33-37)54(45)57/h1-33H. The minimum absolute atomic E-state index is 0.871. The lowest BCUT2D eigenvalue weighted by Crippen LogP contribution is -2.03. The van der Waals surface area contributed by atoms with Crippen molar-refractivity contribution >= 4 is 65.4 Å². The van der Waals surface area contributed by atoms with E-state index in [9.17, 15) is 0 Å². The van der Waals surface area contributed by atoms with Gasteiger partial charge < -0.3 is 18.4 Å². The maximum Gasteiger partial charge on any atom is 0.152 e. The van der Waals surface area contributed by atoms with Crippen molar-refractivity contribution in [1.82, 2.24) is 13.7 Å². The summed E-state index contributed by atoms with van der Waals surface area (Å²) in [4.78, 5) is 0. The molecule has 0 unspecified atom stereocenters. The highest BCUT2D eigenvalue weighted by molar-refractivity contribution is 6.14. The second-order valence-corrected chi connectivity index (χ2v) is 15.3. The number of ether oxygens (including phenoxy) is 1. The van der Waals surface area contributed by atoms with Crippen LogP contribution in [0.3, 0.4) is 0 Å². The SMILES string of the molecule is c1ccc(-n2c3ccccc3c3cc(-c4ccc5c(c4)c4ccccc4n5-c4ccc(-c5cc6c7c(c5)c5ccccc5n7-c5ccccc5O6)cc4)ccc32)cc1. The van der Waals surface area contributed by atoms with Gasteiger partial charge in [-0.2, -0.15) is 0 Å². The van der Waals surface area contributed by atoms with Crippen molar-refractivity contribution in [3.63, 3.8) is 0 Å². The van der Waals surface area contributed by atoms with E-state index in [-0.39, 0.29) is 0 Å². The monoisotopic (exact) mass is 739 g/mol. The van der Waals surface area contributed by atoms with Gasteiger partial charge in [-0.3, -0.25) is 0 Å². The van der Waals surface area contributed by atoms with Crippen LogP contribution in [0.2, 0.25) is 0 Å². The molecule has 0 fully saturated rings. The molecular weight excluding hydrogens is 707 g/mol. The molecule has 1 aliphatic heterocycles.